The van der Waals surface area contributed by atoms with Gasteiger partial charge >= 0.3 is 5.97 Å². The second-order valence-electron chi connectivity index (χ2n) is 12.9. The molecule has 1 N–H and O–H groups in total. The molecule has 1 spiro atoms. The van der Waals surface area contributed by atoms with Gasteiger partial charge in [0.2, 0.25) is 0 Å². The number of esters is 1. The maximum atomic E-state index is 13.3. The molecular formula is C28H36O6. The predicted molar refractivity (Wildman–Crippen MR) is 123 cm³/mol. The molecule has 12 atom stereocenters. The highest BCUT2D eigenvalue weighted by atomic mass is 16.6. The molecule has 4 aliphatic carbocycles. The molecule has 0 aromatic heterocycles. The maximum Gasteiger partial charge on any atom is 0.336 e. The van der Waals surface area contributed by atoms with E-state index in [4.69, 9.17) is 14.2 Å². The van der Waals surface area contributed by atoms with Gasteiger partial charge in [0.1, 0.15) is 17.3 Å². The molecule has 0 amide bonds. The second-order valence-corrected chi connectivity index (χ2v) is 12.9. The number of hydrogen-bond acceptors (Lipinski definition) is 6. The quantitative estimate of drug-likeness (QED) is 0.361. The number of aliphatic hydroxyl groups excluding tert-OH is 1. The zero-order chi connectivity index (χ0) is 23.8. The summed E-state index contributed by atoms with van der Waals surface area (Å²) in [5.41, 5.74) is -1.43. The Bertz CT molecular complexity index is 1030. The molecule has 0 radical (unpaired) electrons. The number of rotatable bonds is 1. The van der Waals surface area contributed by atoms with Gasteiger partial charge in [-0.1, -0.05) is 19.6 Å². The van der Waals surface area contributed by atoms with Gasteiger partial charge < -0.3 is 19.3 Å². The minimum absolute atomic E-state index is 0.0704. The van der Waals surface area contributed by atoms with Crippen LogP contribution in [0, 0.1) is 40.4 Å². The van der Waals surface area contributed by atoms with Crippen LogP contribution in [0.25, 0.3) is 0 Å². The molecule has 7 aliphatic rings. The first-order valence-electron chi connectivity index (χ1n) is 13.2. The van der Waals surface area contributed by atoms with Crippen molar-refractivity contribution in [3.8, 4) is 0 Å². The van der Waals surface area contributed by atoms with Gasteiger partial charge in [-0.15, -0.1) is 0 Å². The lowest BCUT2D eigenvalue weighted by atomic mass is 9.44. The van der Waals surface area contributed by atoms with Gasteiger partial charge in [-0.05, 0) is 81.1 Å². The average Bonchev–Trinajstić information content (AvgIpc) is 3.39. The van der Waals surface area contributed by atoms with Crippen molar-refractivity contribution in [2.45, 2.75) is 88.8 Å². The first kappa shape index (κ1) is 21.8. The van der Waals surface area contributed by atoms with Crippen molar-refractivity contribution in [1.29, 1.82) is 0 Å². The number of carbonyl (C=O) groups excluding carboxylic acids is 2. The van der Waals surface area contributed by atoms with Crippen LogP contribution in [0.3, 0.4) is 0 Å². The van der Waals surface area contributed by atoms with E-state index in [9.17, 15) is 14.7 Å². The van der Waals surface area contributed by atoms with E-state index in [0.29, 0.717) is 36.9 Å². The van der Waals surface area contributed by atoms with Crippen LogP contribution in [-0.2, 0) is 23.8 Å². The molecule has 3 saturated heterocycles. The van der Waals surface area contributed by atoms with Crippen molar-refractivity contribution in [3.63, 3.8) is 0 Å². The van der Waals surface area contributed by atoms with Crippen LogP contribution in [0.2, 0.25) is 0 Å². The normalized spacial score (nSPS) is 59.5. The van der Waals surface area contributed by atoms with Gasteiger partial charge in [-0.3, -0.25) is 4.79 Å². The van der Waals surface area contributed by atoms with Crippen LogP contribution in [0.1, 0.15) is 59.3 Å². The van der Waals surface area contributed by atoms with E-state index in [-0.39, 0.29) is 52.7 Å². The monoisotopic (exact) mass is 468 g/mol. The summed E-state index contributed by atoms with van der Waals surface area (Å²) in [6.45, 7) is 10.8. The molecule has 3 heterocycles. The first-order valence-corrected chi connectivity index (χ1v) is 13.2. The second kappa shape index (κ2) is 6.43. The highest BCUT2D eigenvalue weighted by molar-refractivity contribution is 5.97. The molecule has 6 fully saturated rings. The lowest BCUT2D eigenvalue weighted by Gasteiger charge is -2.60. The third kappa shape index (κ3) is 2.30. The van der Waals surface area contributed by atoms with Crippen LogP contribution in [0.15, 0.2) is 24.3 Å². The van der Waals surface area contributed by atoms with Crippen LogP contribution in [0.4, 0.5) is 0 Å². The summed E-state index contributed by atoms with van der Waals surface area (Å²) in [7, 11) is 0. The van der Waals surface area contributed by atoms with E-state index in [1.807, 2.05) is 13.0 Å². The Hall–Kier alpha value is -1.50. The topological polar surface area (TPSA) is 85.4 Å². The Kier molecular flexibility index (Phi) is 4.12. The fraction of sp³-hybridized carbons (Fsp3) is 0.786. The van der Waals surface area contributed by atoms with E-state index < -0.39 is 17.1 Å². The summed E-state index contributed by atoms with van der Waals surface area (Å²) >= 11 is 0. The number of epoxide rings is 1. The zero-order valence-electron chi connectivity index (χ0n) is 20.4. The molecule has 2 bridgehead atoms. The SMILES string of the molecule is C=C1C(=O)O[C@@H]2C[C@@]1(C)OC[C@H]2C1CCC2C3C[C@H]4O[C@]45CC=CC(=O)C5(C)C3C[C@@H](O)C21C. The molecule has 6 nitrogen and oxygen atoms in total. The summed E-state index contributed by atoms with van der Waals surface area (Å²) < 4.78 is 18.5. The summed E-state index contributed by atoms with van der Waals surface area (Å²) in [5, 5.41) is 11.8. The maximum absolute atomic E-state index is 13.3. The highest BCUT2D eigenvalue weighted by Crippen LogP contribution is 2.73. The van der Waals surface area contributed by atoms with Gasteiger partial charge in [-0.25, -0.2) is 4.79 Å². The highest BCUT2D eigenvalue weighted by Gasteiger charge is 2.78. The molecule has 0 aromatic rings. The Morgan fingerprint density at radius 3 is 2.56 bits per heavy atom. The van der Waals surface area contributed by atoms with E-state index in [1.165, 1.54) is 0 Å². The third-order valence-electron chi connectivity index (χ3n) is 12.1. The molecular weight excluding hydrogens is 432 g/mol. The Morgan fingerprint density at radius 2 is 1.79 bits per heavy atom. The third-order valence-corrected chi connectivity index (χ3v) is 12.1. The van der Waals surface area contributed by atoms with Crippen LogP contribution < -0.4 is 0 Å². The van der Waals surface area contributed by atoms with Crippen LogP contribution in [-0.4, -0.2) is 53.0 Å². The molecule has 3 aliphatic heterocycles. The van der Waals surface area contributed by atoms with Crippen molar-refractivity contribution >= 4 is 11.8 Å². The number of allylic oxidation sites excluding steroid dienone is 1. The summed E-state index contributed by atoms with van der Waals surface area (Å²) in [6, 6.07) is 0. The Morgan fingerprint density at radius 1 is 1.06 bits per heavy atom. The Labute approximate surface area is 201 Å². The van der Waals surface area contributed by atoms with Crippen molar-refractivity contribution in [2.24, 2.45) is 40.4 Å². The van der Waals surface area contributed by atoms with Crippen LogP contribution >= 0.6 is 0 Å². The van der Waals surface area contributed by atoms with Crippen molar-refractivity contribution < 1.29 is 28.9 Å². The lowest BCUT2D eigenvalue weighted by Crippen LogP contribution is -2.64. The fourth-order valence-electron chi connectivity index (χ4n) is 9.94. The fourth-order valence-corrected chi connectivity index (χ4v) is 9.94. The average molecular weight is 469 g/mol. The summed E-state index contributed by atoms with van der Waals surface area (Å²) in [5.74, 6) is 0.936. The molecule has 7 rings (SSSR count). The standard InChI is InChI=1S/C28H36O6/c1-14-24(31)33-20-12-25(14,2)32-13-16(20)18-8-7-17-15-10-23-28(34-23)9-5-6-21(29)27(28,4)19(15)11-22(30)26(17,18)3/h5-6,15-20,22-23,30H,1,7-13H2,2-4H3/t15?,16-,17?,18?,19?,20+,22+,23+,25+,26?,27?,28+/m0/s1. The van der Waals surface area contributed by atoms with Gasteiger partial charge in [0.15, 0.2) is 5.78 Å². The number of aliphatic hydroxyl groups is 1. The first-order chi connectivity index (χ1) is 16.1. The number of carbonyl (C=O) groups is 2. The number of fused-ring (bicyclic) bond motifs is 6. The van der Waals surface area contributed by atoms with Gasteiger partial charge in [-0.2, -0.15) is 0 Å². The Balaban J connectivity index is 1.22. The van der Waals surface area contributed by atoms with Crippen molar-refractivity contribution in [3.05, 3.63) is 24.3 Å². The van der Waals surface area contributed by atoms with E-state index in [2.05, 4.69) is 20.4 Å². The van der Waals surface area contributed by atoms with Crippen molar-refractivity contribution in [2.75, 3.05) is 6.61 Å². The van der Waals surface area contributed by atoms with E-state index in [0.717, 1.165) is 25.7 Å². The van der Waals surface area contributed by atoms with Crippen molar-refractivity contribution in [1.82, 2.24) is 0 Å². The van der Waals surface area contributed by atoms with Gasteiger partial charge in [0.05, 0.1) is 29.8 Å². The van der Waals surface area contributed by atoms with E-state index in [1.54, 1.807) is 6.08 Å². The largest absolute Gasteiger partial charge is 0.458 e. The summed E-state index contributed by atoms with van der Waals surface area (Å²) in [6.07, 6.45) is 8.26. The minimum Gasteiger partial charge on any atom is -0.458 e. The molecule has 6 heteroatoms. The number of ether oxygens (including phenoxy) is 3. The lowest BCUT2D eigenvalue weighted by molar-refractivity contribution is -0.210. The number of hydrogen-bond donors (Lipinski definition) is 1. The molecule has 184 valence electrons. The minimum atomic E-state index is -0.648. The van der Waals surface area contributed by atoms with E-state index >= 15 is 0 Å². The van der Waals surface area contributed by atoms with Crippen LogP contribution in [0.5, 0.6) is 0 Å². The molecule has 34 heavy (non-hydrogen) atoms. The van der Waals surface area contributed by atoms with Gasteiger partial charge in [0, 0.05) is 12.3 Å². The zero-order valence-corrected chi connectivity index (χ0v) is 20.4. The molecule has 3 saturated carbocycles. The van der Waals surface area contributed by atoms with Gasteiger partial charge in [0.25, 0.3) is 0 Å². The molecule has 6 unspecified atom stereocenters. The molecule has 0 aromatic carbocycles. The number of ketones is 1. The summed E-state index contributed by atoms with van der Waals surface area (Å²) in [4.78, 5) is 25.8. The smallest absolute Gasteiger partial charge is 0.336 e. The predicted octanol–water partition coefficient (Wildman–Crippen LogP) is 3.37.